The van der Waals surface area contributed by atoms with E-state index in [4.69, 9.17) is 0 Å². The van der Waals surface area contributed by atoms with Crippen LogP contribution in [0.2, 0.25) is 0 Å². The summed E-state index contributed by atoms with van der Waals surface area (Å²) in [6.07, 6.45) is 0. The van der Waals surface area contributed by atoms with Gasteiger partial charge in [0.25, 0.3) is 0 Å². The molecule has 0 aliphatic heterocycles. The maximum Gasteiger partial charge on any atom is 0.207 e. The maximum absolute atomic E-state index is 15.3. The van der Waals surface area contributed by atoms with E-state index in [2.05, 4.69) is 94.1 Å². The van der Waals surface area contributed by atoms with Gasteiger partial charge in [-0.2, -0.15) is 0 Å². The van der Waals surface area contributed by atoms with Crippen molar-refractivity contribution in [3.63, 3.8) is 0 Å². The second kappa shape index (κ2) is 12.2. The van der Waals surface area contributed by atoms with E-state index in [1.807, 2.05) is 97.1 Å². The molecule has 0 fully saturated rings. The van der Waals surface area contributed by atoms with Gasteiger partial charge in [0.1, 0.15) is 0 Å². The molecule has 53 heavy (non-hydrogen) atoms. The Bertz CT molecular complexity index is 2840. The van der Waals surface area contributed by atoms with Crippen LogP contribution in [0.15, 0.2) is 204 Å². The van der Waals surface area contributed by atoms with Crippen molar-refractivity contribution < 1.29 is 8.42 Å². The van der Waals surface area contributed by atoms with E-state index in [1.54, 1.807) is 12.1 Å². The first kappa shape index (κ1) is 31.1. The summed E-state index contributed by atoms with van der Waals surface area (Å²) in [7, 11) is -4.06. The summed E-state index contributed by atoms with van der Waals surface area (Å²) < 4.78 is 35.0. The number of nitrogens with zero attached hydrogens (tertiary/aromatic N) is 2. The molecular weight excluding hydrogens is 669 g/mol. The van der Waals surface area contributed by atoms with Crippen molar-refractivity contribution in [2.45, 2.75) is 9.79 Å². The van der Waals surface area contributed by atoms with E-state index >= 15 is 8.42 Å². The lowest BCUT2D eigenvalue weighted by molar-refractivity contribution is 0.596. The normalized spacial score (nSPS) is 11.9. The van der Waals surface area contributed by atoms with Crippen LogP contribution in [0.1, 0.15) is 0 Å². The predicted molar refractivity (Wildman–Crippen MR) is 218 cm³/mol. The van der Waals surface area contributed by atoms with E-state index in [9.17, 15) is 0 Å². The van der Waals surface area contributed by atoms with Crippen molar-refractivity contribution in [3.8, 4) is 33.6 Å². The number of hydrogen-bond acceptors (Lipinski definition) is 2. The fraction of sp³-hybridized carbons (Fsp3) is 0. The number of rotatable bonds is 6. The molecule has 5 heteroatoms. The Balaban J connectivity index is 1.18. The van der Waals surface area contributed by atoms with Gasteiger partial charge < -0.3 is 9.13 Å². The highest BCUT2D eigenvalue weighted by Crippen LogP contribution is 2.42. The molecule has 0 unspecified atom stereocenters. The third-order valence-electron chi connectivity index (χ3n) is 10.4. The third kappa shape index (κ3) is 4.78. The smallest absolute Gasteiger partial charge is 0.207 e. The summed E-state index contributed by atoms with van der Waals surface area (Å²) in [6, 6.07) is 64.5. The number of para-hydroxylation sites is 6. The van der Waals surface area contributed by atoms with Gasteiger partial charge in [-0.3, -0.25) is 0 Å². The minimum atomic E-state index is -4.06. The van der Waals surface area contributed by atoms with Crippen LogP contribution in [0.5, 0.6) is 0 Å². The zero-order valence-corrected chi connectivity index (χ0v) is 29.4. The lowest BCUT2D eigenvalue weighted by Gasteiger charge is -2.19. The maximum atomic E-state index is 15.3. The Hall–Kier alpha value is -6.69. The van der Waals surface area contributed by atoms with Gasteiger partial charge in [0.05, 0.1) is 43.2 Å². The Labute approximate surface area is 307 Å². The highest BCUT2D eigenvalue weighted by atomic mass is 32.2. The Morgan fingerprint density at radius 3 is 0.906 bits per heavy atom. The van der Waals surface area contributed by atoms with Gasteiger partial charge in [0, 0.05) is 43.8 Å². The number of sulfone groups is 1. The summed E-state index contributed by atoms with van der Waals surface area (Å²) in [5.41, 5.74) is 9.05. The average Bonchev–Trinajstić information content (AvgIpc) is 3.74. The molecule has 0 aliphatic rings. The van der Waals surface area contributed by atoms with E-state index in [0.717, 1.165) is 66.1 Å². The molecule has 0 atom stereocenters. The largest absolute Gasteiger partial charge is 0.309 e. The number of aromatic nitrogens is 2. The van der Waals surface area contributed by atoms with Gasteiger partial charge >= 0.3 is 0 Å². The average molecular weight is 701 g/mol. The van der Waals surface area contributed by atoms with Gasteiger partial charge in [0.15, 0.2) is 0 Å². The van der Waals surface area contributed by atoms with Crippen LogP contribution in [0, 0.1) is 0 Å². The van der Waals surface area contributed by atoms with Crippen LogP contribution in [0.4, 0.5) is 0 Å². The van der Waals surface area contributed by atoms with E-state index in [0.29, 0.717) is 11.1 Å². The zero-order valence-electron chi connectivity index (χ0n) is 28.6. The van der Waals surface area contributed by atoms with Gasteiger partial charge in [-0.05, 0) is 48.5 Å². The number of benzene rings is 8. The number of hydrogen-bond donors (Lipinski definition) is 0. The summed E-state index contributed by atoms with van der Waals surface area (Å²) in [4.78, 5) is 0.519. The molecule has 4 nitrogen and oxygen atoms in total. The molecule has 0 amide bonds. The highest BCUT2D eigenvalue weighted by Gasteiger charge is 2.28. The first-order chi connectivity index (χ1) is 26.1. The number of fused-ring (bicyclic) bond motifs is 6. The van der Waals surface area contributed by atoms with Crippen LogP contribution in [-0.2, 0) is 9.84 Å². The van der Waals surface area contributed by atoms with Gasteiger partial charge in [-0.25, -0.2) is 8.42 Å². The molecule has 0 bridgehead atoms. The second-order valence-electron chi connectivity index (χ2n) is 13.3. The first-order valence-electron chi connectivity index (χ1n) is 17.7. The zero-order chi connectivity index (χ0) is 35.5. The van der Waals surface area contributed by atoms with E-state index < -0.39 is 9.84 Å². The van der Waals surface area contributed by atoms with Crippen LogP contribution in [0.25, 0.3) is 77.2 Å². The lowest BCUT2D eigenvalue weighted by Crippen LogP contribution is -2.08. The molecule has 2 aromatic heterocycles. The molecule has 0 saturated carbocycles. The standard InChI is InChI=1S/C48H32N2O2S/c51-53(52,47-31-15-7-23-39(47)37-21-5-13-29-45(37)49-41-25-9-1-17-33(41)34-18-2-10-26-42(34)49)48-32-16-8-24-40(48)38-22-6-14-30-46(38)50-43-27-11-3-19-35(43)36-20-4-12-28-44(36)50/h1-32H. The molecule has 252 valence electrons. The van der Waals surface area contributed by atoms with Crippen molar-refractivity contribution in [1.29, 1.82) is 0 Å². The van der Waals surface area contributed by atoms with Crippen molar-refractivity contribution >= 4 is 53.4 Å². The summed E-state index contributed by atoms with van der Waals surface area (Å²) in [6.45, 7) is 0. The quantitative estimate of drug-likeness (QED) is 0.173. The topological polar surface area (TPSA) is 44.0 Å². The minimum Gasteiger partial charge on any atom is -0.309 e. The Morgan fingerprint density at radius 1 is 0.283 bits per heavy atom. The Morgan fingerprint density at radius 2 is 0.547 bits per heavy atom. The van der Waals surface area contributed by atoms with E-state index in [1.165, 1.54) is 0 Å². The van der Waals surface area contributed by atoms with Crippen LogP contribution in [-0.4, -0.2) is 17.6 Å². The molecule has 8 aromatic carbocycles. The molecule has 0 radical (unpaired) electrons. The fourth-order valence-corrected chi connectivity index (χ4v) is 9.81. The highest BCUT2D eigenvalue weighted by molar-refractivity contribution is 7.91. The van der Waals surface area contributed by atoms with Crippen molar-refractivity contribution in [2.75, 3.05) is 0 Å². The molecule has 2 heterocycles. The van der Waals surface area contributed by atoms with Gasteiger partial charge in [-0.15, -0.1) is 0 Å². The molecular formula is C48H32N2O2S. The lowest BCUT2D eigenvalue weighted by atomic mass is 10.0. The van der Waals surface area contributed by atoms with Crippen LogP contribution in [0.3, 0.4) is 0 Å². The van der Waals surface area contributed by atoms with Crippen LogP contribution < -0.4 is 0 Å². The summed E-state index contributed by atoms with van der Waals surface area (Å²) in [5.74, 6) is 0. The molecule has 0 N–H and O–H groups in total. The molecule has 10 aromatic rings. The summed E-state index contributed by atoms with van der Waals surface area (Å²) >= 11 is 0. The second-order valence-corrected chi connectivity index (χ2v) is 15.2. The van der Waals surface area contributed by atoms with Crippen LogP contribution >= 0.6 is 0 Å². The first-order valence-corrected chi connectivity index (χ1v) is 19.2. The van der Waals surface area contributed by atoms with Crippen molar-refractivity contribution in [2.24, 2.45) is 0 Å². The van der Waals surface area contributed by atoms with Gasteiger partial charge in [0.2, 0.25) is 9.84 Å². The fourth-order valence-electron chi connectivity index (χ4n) is 8.12. The predicted octanol–water partition coefficient (Wildman–Crippen LogP) is 12.0. The summed E-state index contributed by atoms with van der Waals surface area (Å²) in [5, 5.41) is 4.59. The molecule has 0 saturated heterocycles. The monoisotopic (exact) mass is 700 g/mol. The van der Waals surface area contributed by atoms with Crippen molar-refractivity contribution in [3.05, 3.63) is 194 Å². The van der Waals surface area contributed by atoms with Crippen molar-refractivity contribution in [1.82, 2.24) is 9.13 Å². The SMILES string of the molecule is O=S(=O)(c1ccccc1-c1ccccc1-n1c2ccccc2c2ccccc21)c1ccccc1-c1ccccc1-n1c2ccccc2c2ccccc21. The van der Waals surface area contributed by atoms with Gasteiger partial charge in [-0.1, -0.05) is 146 Å². The molecule has 0 aliphatic carbocycles. The van der Waals surface area contributed by atoms with E-state index in [-0.39, 0.29) is 9.79 Å². The third-order valence-corrected chi connectivity index (χ3v) is 12.3. The molecule has 0 spiro atoms. The Kier molecular flexibility index (Phi) is 7.17. The molecule has 10 rings (SSSR count). The minimum absolute atomic E-state index is 0.259.